The van der Waals surface area contributed by atoms with Crippen LogP contribution in [0.5, 0.6) is 0 Å². The lowest BCUT2D eigenvalue weighted by atomic mass is 10.1. The molecule has 0 amide bonds. The SMILES string of the molecule is CCCCOC1CC[C@H](O)O[C@@H]1OCCCC. The van der Waals surface area contributed by atoms with Crippen molar-refractivity contribution in [1.82, 2.24) is 0 Å². The number of hydrogen-bond donors (Lipinski definition) is 1. The molecule has 0 radical (unpaired) electrons. The van der Waals surface area contributed by atoms with E-state index < -0.39 is 12.6 Å². The van der Waals surface area contributed by atoms with E-state index in [1.165, 1.54) is 0 Å². The van der Waals surface area contributed by atoms with Gasteiger partial charge in [-0.2, -0.15) is 0 Å². The fraction of sp³-hybridized carbons (Fsp3) is 1.00. The van der Waals surface area contributed by atoms with Gasteiger partial charge in [-0.25, -0.2) is 0 Å². The molecule has 4 heteroatoms. The number of hydrogen-bond acceptors (Lipinski definition) is 4. The highest BCUT2D eigenvalue weighted by Gasteiger charge is 2.31. The third-order valence-electron chi connectivity index (χ3n) is 2.90. The van der Waals surface area contributed by atoms with Gasteiger partial charge in [0.2, 0.25) is 0 Å². The summed E-state index contributed by atoms with van der Waals surface area (Å²) in [6.07, 6.45) is 4.59. The zero-order valence-electron chi connectivity index (χ0n) is 11.1. The first-order valence-corrected chi connectivity index (χ1v) is 6.84. The predicted octanol–water partition coefficient (Wildman–Crippen LogP) is 2.44. The molecule has 1 unspecified atom stereocenters. The Bertz CT molecular complexity index is 186. The summed E-state index contributed by atoms with van der Waals surface area (Å²) < 4.78 is 16.8. The standard InChI is InChI=1S/C13H26O4/c1-3-5-9-15-11-7-8-12(14)17-13(11)16-10-6-4-2/h11-14H,3-10H2,1-2H3/t11?,12-,13+/m1/s1. The minimum Gasteiger partial charge on any atom is -0.373 e. The summed E-state index contributed by atoms with van der Waals surface area (Å²) in [5, 5.41) is 9.47. The second-order valence-electron chi connectivity index (χ2n) is 4.52. The van der Waals surface area contributed by atoms with E-state index in [1.54, 1.807) is 0 Å². The van der Waals surface area contributed by atoms with Gasteiger partial charge < -0.3 is 19.3 Å². The van der Waals surface area contributed by atoms with E-state index in [2.05, 4.69) is 13.8 Å². The number of rotatable bonds is 8. The van der Waals surface area contributed by atoms with Crippen molar-refractivity contribution in [2.24, 2.45) is 0 Å². The van der Waals surface area contributed by atoms with Gasteiger partial charge in [-0.1, -0.05) is 26.7 Å². The largest absolute Gasteiger partial charge is 0.373 e. The van der Waals surface area contributed by atoms with Crippen molar-refractivity contribution in [3.8, 4) is 0 Å². The second kappa shape index (κ2) is 8.86. The maximum atomic E-state index is 9.47. The van der Waals surface area contributed by atoms with Crippen molar-refractivity contribution >= 4 is 0 Å². The van der Waals surface area contributed by atoms with E-state index in [-0.39, 0.29) is 6.10 Å². The van der Waals surface area contributed by atoms with Crippen LogP contribution >= 0.6 is 0 Å². The summed E-state index contributed by atoms with van der Waals surface area (Å²) >= 11 is 0. The molecule has 4 nitrogen and oxygen atoms in total. The summed E-state index contributed by atoms with van der Waals surface area (Å²) in [7, 11) is 0. The highest BCUT2D eigenvalue weighted by Crippen LogP contribution is 2.22. The number of aliphatic hydroxyl groups excluding tert-OH is 1. The average Bonchev–Trinajstić information content (AvgIpc) is 2.32. The maximum absolute atomic E-state index is 9.47. The third kappa shape index (κ3) is 5.82. The minimum absolute atomic E-state index is 0.0261. The molecule has 17 heavy (non-hydrogen) atoms. The molecule has 0 aliphatic carbocycles. The Hall–Kier alpha value is -0.160. The lowest BCUT2D eigenvalue weighted by molar-refractivity contribution is -0.293. The fourth-order valence-corrected chi connectivity index (χ4v) is 1.78. The van der Waals surface area contributed by atoms with E-state index in [4.69, 9.17) is 14.2 Å². The van der Waals surface area contributed by atoms with Gasteiger partial charge in [-0.05, 0) is 19.3 Å². The van der Waals surface area contributed by atoms with Crippen LogP contribution in [0.1, 0.15) is 52.4 Å². The second-order valence-corrected chi connectivity index (χ2v) is 4.52. The summed E-state index contributed by atoms with van der Waals surface area (Å²) in [6, 6.07) is 0. The summed E-state index contributed by atoms with van der Waals surface area (Å²) in [4.78, 5) is 0. The van der Waals surface area contributed by atoms with E-state index in [1.807, 2.05) is 0 Å². The topological polar surface area (TPSA) is 47.9 Å². The first-order chi connectivity index (χ1) is 8.27. The molecule has 0 aromatic rings. The molecular formula is C13H26O4. The van der Waals surface area contributed by atoms with Crippen LogP contribution in [0.25, 0.3) is 0 Å². The van der Waals surface area contributed by atoms with Gasteiger partial charge in [0.05, 0.1) is 0 Å². The smallest absolute Gasteiger partial charge is 0.186 e. The van der Waals surface area contributed by atoms with E-state index in [9.17, 15) is 5.11 Å². The molecule has 0 saturated carbocycles. The van der Waals surface area contributed by atoms with Gasteiger partial charge >= 0.3 is 0 Å². The normalized spacial score (nSPS) is 29.5. The van der Waals surface area contributed by atoms with Crippen LogP contribution in [-0.2, 0) is 14.2 Å². The highest BCUT2D eigenvalue weighted by atomic mass is 16.7. The van der Waals surface area contributed by atoms with Crippen molar-refractivity contribution in [3.05, 3.63) is 0 Å². The molecular weight excluding hydrogens is 220 g/mol. The number of unbranched alkanes of at least 4 members (excludes halogenated alkanes) is 2. The summed E-state index contributed by atoms with van der Waals surface area (Å²) in [5.74, 6) is 0. The minimum atomic E-state index is -0.701. The third-order valence-corrected chi connectivity index (χ3v) is 2.90. The lowest BCUT2D eigenvalue weighted by Crippen LogP contribution is -2.42. The zero-order chi connectivity index (χ0) is 12.5. The fourth-order valence-electron chi connectivity index (χ4n) is 1.78. The van der Waals surface area contributed by atoms with Gasteiger partial charge in [0, 0.05) is 19.6 Å². The average molecular weight is 246 g/mol. The van der Waals surface area contributed by atoms with E-state index in [0.29, 0.717) is 13.0 Å². The van der Waals surface area contributed by atoms with Gasteiger partial charge in [0.25, 0.3) is 0 Å². The Morgan fingerprint density at radius 3 is 2.35 bits per heavy atom. The Morgan fingerprint density at radius 2 is 1.71 bits per heavy atom. The first kappa shape index (κ1) is 14.9. The van der Waals surface area contributed by atoms with Crippen LogP contribution in [0.2, 0.25) is 0 Å². The van der Waals surface area contributed by atoms with Crippen LogP contribution in [-0.4, -0.2) is 37.0 Å². The Balaban J connectivity index is 2.29. The Morgan fingerprint density at radius 1 is 1.06 bits per heavy atom. The zero-order valence-corrected chi connectivity index (χ0v) is 11.1. The monoisotopic (exact) mass is 246 g/mol. The van der Waals surface area contributed by atoms with E-state index >= 15 is 0 Å². The maximum Gasteiger partial charge on any atom is 0.186 e. The molecule has 1 fully saturated rings. The molecule has 1 saturated heterocycles. The molecule has 1 heterocycles. The molecule has 0 aromatic heterocycles. The van der Waals surface area contributed by atoms with E-state index in [0.717, 1.165) is 38.7 Å². The molecule has 102 valence electrons. The Labute approximate surface area is 104 Å². The van der Waals surface area contributed by atoms with Crippen molar-refractivity contribution in [1.29, 1.82) is 0 Å². The molecule has 0 bridgehead atoms. The Kier molecular flexibility index (Phi) is 7.77. The molecule has 1 aliphatic rings. The van der Waals surface area contributed by atoms with Crippen molar-refractivity contribution in [2.75, 3.05) is 13.2 Å². The van der Waals surface area contributed by atoms with Gasteiger partial charge in [-0.15, -0.1) is 0 Å². The van der Waals surface area contributed by atoms with Crippen molar-refractivity contribution in [3.63, 3.8) is 0 Å². The van der Waals surface area contributed by atoms with Gasteiger partial charge in [0.1, 0.15) is 6.10 Å². The van der Waals surface area contributed by atoms with Crippen LogP contribution in [0.3, 0.4) is 0 Å². The van der Waals surface area contributed by atoms with Gasteiger partial charge in [-0.3, -0.25) is 0 Å². The van der Waals surface area contributed by atoms with Crippen LogP contribution in [0, 0.1) is 0 Å². The van der Waals surface area contributed by atoms with Crippen LogP contribution in [0.4, 0.5) is 0 Å². The van der Waals surface area contributed by atoms with Crippen molar-refractivity contribution < 1.29 is 19.3 Å². The summed E-state index contributed by atoms with van der Waals surface area (Å²) in [5.41, 5.74) is 0. The van der Waals surface area contributed by atoms with Crippen LogP contribution < -0.4 is 0 Å². The highest BCUT2D eigenvalue weighted by molar-refractivity contribution is 4.70. The first-order valence-electron chi connectivity index (χ1n) is 6.84. The molecule has 1 aliphatic heterocycles. The molecule has 1 N–H and O–H groups in total. The predicted molar refractivity (Wildman–Crippen MR) is 65.6 cm³/mol. The van der Waals surface area contributed by atoms with Crippen molar-refractivity contribution in [2.45, 2.75) is 71.1 Å². The lowest BCUT2D eigenvalue weighted by Gasteiger charge is -2.34. The van der Waals surface area contributed by atoms with Crippen LogP contribution in [0.15, 0.2) is 0 Å². The molecule has 3 atom stereocenters. The molecule has 1 rings (SSSR count). The number of aliphatic hydroxyl groups is 1. The number of ether oxygens (including phenoxy) is 3. The van der Waals surface area contributed by atoms with Gasteiger partial charge in [0.15, 0.2) is 12.6 Å². The molecule has 0 aromatic carbocycles. The quantitative estimate of drug-likeness (QED) is 0.668. The summed E-state index contributed by atoms with van der Waals surface area (Å²) in [6.45, 7) is 5.67. The molecule has 0 spiro atoms.